The number of rotatable bonds is 3. The first kappa shape index (κ1) is 15.1. The monoisotopic (exact) mass is 300 g/mol. The van der Waals surface area contributed by atoms with Crippen molar-refractivity contribution in [1.82, 2.24) is 10.2 Å². The zero-order chi connectivity index (χ0) is 15.7. The van der Waals surface area contributed by atoms with Gasteiger partial charge in [-0.25, -0.2) is 0 Å². The van der Waals surface area contributed by atoms with E-state index in [-0.39, 0.29) is 5.91 Å². The van der Waals surface area contributed by atoms with E-state index in [1.807, 2.05) is 11.0 Å². The Morgan fingerprint density at radius 2 is 2.23 bits per heavy atom. The lowest BCUT2D eigenvalue weighted by Crippen LogP contribution is -2.49. The molecule has 0 radical (unpaired) electrons. The Hall–Kier alpha value is -1.81. The molecule has 1 amide bonds. The molecule has 1 fully saturated rings. The molecule has 1 aliphatic rings. The van der Waals surface area contributed by atoms with Crippen LogP contribution in [0.1, 0.15) is 31.6 Å². The second-order valence-electron chi connectivity index (χ2n) is 6.47. The fourth-order valence-electron chi connectivity index (χ4n) is 3.27. The second-order valence-corrected chi connectivity index (χ2v) is 6.47. The van der Waals surface area contributed by atoms with Crippen molar-refractivity contribution in [2.24, 2.45) is 5.92 Å². The number of fused-ring (bicyclic) bond motifs is 1. The van der Waals surface area contributed by atoms with Gasteiger partial charge in [0.25, 0.3) is 0 Å². The van der Waals surface area contributed by atoms with Crippen LogP contribution in [-0.2, 0) is 11.3 Å². The van der Waals surface area contributed by atoms with Gasteiger partial charge in [-0.2, -0.15) is 0 Å². The van der Waals surface area contributed by atoms with Crippen molar-refractivity contribution >= 4 is 16.9 Å². The van der Waals surface area contributed by atoms with Gasteiger partial charge in [-0.15, -0.1) is 0 Å². The van der Waals surface area contributed by atoms with E-state index in [1.54, 1.807) is 6.92 Å². The Morgan fingerprint density at radius 1 is 1.41 bits per heavy atom. The van der Waals surface area contributed by atoms with Crippen LogP contribution in [0.3, 0.4) is 0 Å². The Bertz CT molecular complexity index is 677. The molecule has 1 N–H and O–H groups in total. The first-order valence-electron chi connectivity index (χ1n) is 8.01. The average molecular weight is 300 g/mol. The van der Waals surface area contributed by atoms with E-state index < -0.39 is 0 Å². The maximum atomic E-state index is 11.4. The third-order valence-electron chi connectivity index (χ3n) is 4.61. The van der Waals surface area contributed by atoms with Gasteiger partial charge in [-0.3, -0.25) is 4.79 Å². The number of furan rings is 1. The van der Waals surface area contributed by atoms with Crippen LogP contribution in [0.5, 0.6) is 0 Å². The van der Waals surface area contributed by atoms with Crippen molar-refractivity contribution in [3.63, 3.8) is 0 Å². The van der Waals surface area contributed by atoms with Crippen LogP contribution < -0.4 is 5.32 Å². The lowest BCUT2D eigenvalue weighted by atomic mass is 9.94. The van der Waals surface area contributed by atoms with Gasteiger partial charge in [-0.05, 0) is 37.5 Å². The minimum atomic E-state index is 0.179. The molecule has 2 atom stereocenters. The molecule has 0 bridgehead atoms. The second kappa shape index (κ2) is 6.13. The van der Waals surface area contributed by atoms with E-state index in [0.29, 0.717) is 12.0 Å². The molecule has 0 spiro atoms. The van der Waals surface area contributed by atoms with Gasteiger partial charge in [0.2, 0.25) is 5.91 Å². The number of hydrogen-bond acceptors (Lipinski definition) is 3. The number of hydrogen-bond donors (Lipinski definition) is 1. The van der Waals surface area contributed by atoms with Crippen molar-refractivity contribution in [2.75, 3.05) is 13.1 Å². The highest BCUT2D eigenvalue weighted by molar-refractivity contribution is 5.78. The number of amides is 1. The summed E-state index contributed by atoms with van der Waals surface area (Å²) in [7, 11) is 0. The number of benzene rings is 1. The van der Waals surface area contributed by atoms with Crippen molar-refractivity contribution in [2.45, 2.75) is 39.8 Å². The quantitative estimate of drug-likeness (QED) is 0.947. The molecule has 118 valence electrons. The number of piperidine rings is 1. The third kappa shape index (κ3) is 3.17. The van der Waals surface area contributed by atoms with Crippen LogP contribution in [0.4, 0.5) is 0 Å². The molecule has 1 aromatic carbocycles. The summed E-state index contributed by atoms with van der Waals surface area (Å²) in [5.74, 6) is 1.61. The molecule has 2 heterocycles. The van der Waals surface area contributed by atoms with Crippen LogP contribution >= 0.6 is 0 Å². The lowest BCUT2D eigenvalue weighted by molar-refractivity contribution is -0.130. The van der Waals surface area contributed by atoms with Gasteiger partial charge in [0.1, 0.15) is 11.3 Å². The highest BCUT2D eigenvalue weighted by Crippen LogP contribution is 2.22. The zero-order valence-electron chi connectivity index (χ0n) is 13.6. The van der Waals surface area contributed by atoms with Crippen molar-refractivity contribution in [3.05, 3.63) is 35.6 Å². The number of carbonyl (C=O) groups excluding carboxylic acids is 1. The van der Waals surface area contributed by atoms with E-state index in [0.717, 1.165) is 42.8 Å². The molecular weight excluding hydrogens is 276 g/mol. The fraction of sp³-hybridized carbons (Fsp3) is 0.500. The molecule has 0 saturated carbocycles. The van der Waals surface area contributed by atoms with Crippen LogP contribution in [0, 0.1) is 12.8 Å². The van der Waals surface area contributed by atoms with Crippen molar-refractivity contribution < 1.29 is 9.21 Å². The van der Waals surface area contributed by atoms with Crippen LogP contribution in [0.25, 0.3) is 11.0 Å². The number of nitrogens with one attached hydrogen (secondary N) is 1. The molecule has 3 rings (SSSR count). The van der Waals surface area contributed by atoms with Gasteiger partial charge in [0, 0.05) is 31.4 Å². The maximum absolute atomic E-state index is 11.4. The first-order chi connectivity index (χ1) is 10.5. The van der Waals surface area contributed by atoms with E-state index in [4.69, 9.17) is 4.42 Å². The lowest BCUT2D eigenvalue weighted by Gasteiger charge is -2.36. The summed E-state index contributed by atoms with van der Waals surface area (Å²) in [4.78, 5) is 13.4. The molecule has 4 nitrogen and oxygen atoms in total. The van der Waals surface area contributed by atoms with Gasteiger partial charge in [0.15, 0.2) is 0 Å². The van der Waals surface area contributed by atoms with E-state index in [2.05, 4.69) is 37.4 Å². The molecule has 4 heteroatoms. The Morgan fingerprint density at radius 3 is 2.95 bits per heavy atom. The third-order valence-corrected chi connectivity index (χ3v) is 4.61. The largest absolute Gasteiger partial charge is 0.460 e. The molecule has 22 heavy (non-hydrogen) atoms. The average Bonchev–Trinajstić information content (AvgIpc) is 2.87. The van der Waals surface area contributed by atoms with E-state index in [1.165, 1.54) is 5.56 Å². The Kier molecular flexibility index (Phi) is 4.21. The SMILES string of the molecule is CC(=O)N1CC[C@@H](NCc2cc3cc(C)ccc3o2)[C@H](C)C1. The highest BCUT2D eigenvalue weighted by atomic mass is 16.3. The van der Waals surface area contributed by atoms with Gasteiger partial charge >= 0.3 is 0 Å². The van der Waals surface area contributed by atoms with Gasteiger partial charge < -0.3 is 14.6 Å². The number of nitrogens with zero attached hydrogens (tertiary/aromatic N) is 1. The standard InChI is InChI=1S/C18H24N2O2/c1-12-4-5-18-15(8-12)9-16(22-18)10-19-17-6-7-20(14(3)21)11-13(17)2/h4-5,8-9,13,17,19H,6-7,10-11H2,1-3H3/t13-,17-/m1/s1. The topological polar surface area (TPSA) is 45.5 Å². The Balaban J connectivity index is 1.61. The van der Waals surface area contributed by atoms with E-state index in [9.17, 15) is 4.79 Å². The summed E-state index contributed by atoms with van der Waals surface area (Å²) in [6.45, 7) is 8.37. The molecule has 1 saturated heterocycles. The Labute approximate surface area is 131 Å². The predicted molar refractivity (Wildman–Crippen MR) is 87.6 cm³/mol. The fourth-order valence-corrected chi connectivity index (χ4v) is 3.27. The maximum Gasteiger partial charge on any atom is 0.219 e. The summed E-state index contributed by atoms with van der Waals surface area (Å²) >= 11 is 0. The minimum absolute atomic E-state index is 0.179. The minimum Gasteiger partial charge on any atom is -0.460 e. The van der Waals surface area contributed by atoms with Gasteiger partial charge in [0.05, 0.1) is 6.54 Å². The molecule has 0 aliphatic carbocycles. The van der Waals surface area contributed by atoms with Crippen LogP contribution in [0.2, 0.25) is 0 Å². The van der Waals surface area contributed by atoms with Crippen molar-refractivity contribution in [3.8, 4) is 0 Å². The number of aryl methyl sites for hydroxylation is 1. The van der Waals surface area contributed by atoms with E-state index >= 15 is 0 Å². The van der Waals surface area contributed by atoms with Crippen LogP contribution in [0.15, 0.2) is 28.7 Å². The predicted octanol–water partition coefficient (Wildman–Crippen LogP) is 3.09. The molecule has 0 unspecified atom stereocenters. The summed E-state index contributed by atoms with van der Waals surface area (Å²) in [6.07, 6.45) is 1.00. The summed E-state index contributed by atoms with van der Waals surface area (Å²) < 4.78 is 5.88. The smallest absolute Gasteiger partial charge is 0.219 e. The first-order valence-corrected chi connectivity index (χ1v) is 8.01. The van der Waals surface area contributed by atoms with Crippen LogP contribution in [-0.4, -0.2) is 29.9 Å². The van der Waals surface area contributed by atoms with Crippen molar-refractivity contribution in [1.29, 1.82) is 0 Å². The summed E-state index contributed by atoms with van der Waals surface area (Å²) in [5, 5.41) is 4.75. The number of carbonyl (C=O) groups is 1. The molecular formula is C18H24N2O2. The molecule has 1 aliphatic heterocycles. The normalized spacial score (nSPS) is 22.2. The number of likely N-dealkylation sites (tertiary alicyclic amines) is 1. The zero-order valence-corrected chi connectivity index (χ0v) is 13.6. The summed E-state index contributed by atoms with van der Waals surface area (Å²) in [5.41, 5.74) is 2.19. The summed E-state index contributed by atoms with van der Waals surface area (Å²) in [6, 6.07) is 8.80. The molecule has 2 aromatic rings. The molecule has 1 aromatic heterocycles. The highest BCUT2D eigenvalue weighted by Gasteiger charge is 2.26. The van der Waals surface area contributed by atoms with Gasteiger partial charge in [-0.1, -0.05) is 18.6 Å².